The molecule has 4 N–H and O–H groups in total. The first-order valence-corrected chi connectivity index (χ1v) is 6.50. The molecule has 1 aromatic carbocycles. The molecule has 0 radical (unpaired) electrons. The van der Waals surface area contributed by atoms with Crippen molar-refractivity contribution in [2.75, 3.05) is 18.4 Å². The summed E-state index contributed by atoms with van der Waals surface area (Å²) in [6.07, 6.45) is 1.64. The van der Waals surface area contributed by atoms with E-state index in [1.54, 1.807) is 24.4 Å². The van der Waals surface area contributed by atoms with Crippen molar-refractivity contribution >= 4 is 22.3 Å². The van der Waals surface area contributed by atoms with Gasteiger partial charge in [0, 0.05) is 24.2 Å². The normalized spacial score (nSPS) is 11.6. The summed E-state index contributed by atoms with van der Waals surface area (Å²) in [5.74, 6) is 0. The van der Waals surface area contributed by atoms with Gasteiger partial charge in [0.2, 0.25) is 0 Å². The Morgan fingerprint density at radius 1 is 1.40 bits per heavy atom. The summed E-state index contributed by atoms with van der Waals surface area (Å²) in [5, 5.41) is 14.9. The number of rotatable bonds is 5. The second-order valence-electron chi connectivity index (χ2n) is 5.56. The number of nitro groups is 1. The molecule has 0 atom stereocenters. The topological polar surface area (TPSA) is 95.7 Å². The SMILES string of the molecule is CC(C)(C[NH3+])CNc1ccc([N+](=O)[O-])c2cccnc12. The predicted molar refractivity (Wildman–Crippen MR) is 78.4 cm³/mol. The fourth-order valence-electron chi connectivity index (χ4n) is 1.88. The monoisotopic (exact) mass is 275 g/mol. The molecule has 0 aliphatic heterocycles. The third-order valence-electron chi connectivity index (χ3n) is 3.38. The Hall–Kier alpha value is -2.21. The molecule has 2 aromatic rings. The molecule has 20 heavy (non-hydrogen) atoms. The van der Waals surface area contributed by atoms with E-state index in [9.17, 15) is 10.1 Å². The smallest absolute Gasteiger partial charge is 0.278 e. The third kappa shape index (κ3) is 2.85. The van der Waals surface area contributed by atoms with Gasteiger partial charge in [-0.05, 0) is 18.2 Å². The van der Waals surface area contributed by atoms with E-state index in [0.29, 0.717) is 10.9 Å². The van der Waals surface area contributed by atoms with Crippen molar-refractivity contribution in [2.45, 2.75) is 13.8 Å². The zero-order valence-electron chi connectivity index (χ0n) is 11.7. The lowest BCUT2D eigenvalue weighted by Gasteiger charge is -2.21. The molecule has 0 aliphatic rings. The van der Waals surface area contributed by atoms with Crippen molar-refractivity contribution in [1.29, 1.82) is 0 Å². The number of nitro benzene ring substituents is 1. The van der Waals surface area contributed by atoms with Crippen LogP contribution < -0.4 is 11.1 Å². The van der Waals surface area contributed by atoms with Crippen LogP contribution in [0.15, 0.2) is 30.5 Å². The predicted octanol–water partition coefficient (Wildman–Crippen LogP) is 1.82. The number of hydrogen-bond donors (Lipinski definition) is 2. The van der Waals surface area contributed by atoms with Crippen LogP contribution in [0.1, 0.15) is 13.8 Å². The number of non-ortho nitro benzene ring substituents is 1. The van der Waals surface area contributed by atoms with E-state index in [1.165, 1.54) is 6.07 Å². The summed E-state index contributed by atoms with van der Waals surface area (Å²) in [6, 6.07) is 6.66. The number of quaternary nitrogens is 1. The average Bonchev–Trinajstić information content (AvgIpc) is 2.44. The summed E-state index contributed by atoms with van der Waals surface area (Å²) >= 11 is 0. The molecule has 6 heteroatoms. The lowest BCUT2D eigenvalue weighted by molar-refractivity contribution is -0.388. The van der Waals surface area contributed by atoms with E-state index in [4.69, 9.17) is 0 Å². The van der Waals surface area contributed by atoms with Gasteiger partial charge in [-0.25, -0.2) is 0 Å². The van der Waals surface area contributed by atoms with Gasteiger partial charge in [-0.3, -0.25) is 15.1 Å². The number of nitrogens with one attached hydrogen (secondary N) is 1. The fraction of sp³-hybridized carbons (Fsp3) is 0.357. The van der Waals surface area contributed by atoms with Crippen LogP contribution in [0, 0.1) is 15.5 Å². The van der Waals surface area contributed by atoms with Crippen molar-refractivity contribution in [3.05, 3.63) is 40.6 Å². The van der Waals surface area contributed by atoms with Gasteiger partial charge in [0.25, 0.3) is 5.69 Å². The molecule has 0 aliphatic carbocycles. The van der Waals surface area contributed by atoms with Crippen LogP contribution >= 0.6 is 0 Å². The molecule has 2 rings (SSSR count). The van der Waals surface area contributed by atoms with Crippen LogP contribution in [-0.4, -0.2) is 23.0 Å². The molecule has 0 unspecified atom stereocenters. The Labute approximate surface area is 117 Å². The van der Waals surface area contributed by atoms with Crippen LogP contribution in [-0.2, 0) is 0 Å². The van der Waals surface area contributed by atoms with Gasteiger partial charge in [0.15, 0.2) is 0 Å². The number of benzene rings is 1. The molecule has 0 saturated heterocycles. The summed E-state index contributed by atoms with van der Waals surface area (Å²) in [5.41, 5.74) is 5.50. The maximum absolute atomic E-state index is 11.0. The Balaban J connectivity index is 2.41. The highest BCUT2D eigenvalue weighted by Gasteiger charge is 2.19. The molecule has 6 nitrogen and oxygen atoms in total. The van der Waals surface area contributed by atoms with Crippen molar-refractivity contribution in [3.63, 3.8) is 0 Å². The molecule has 0 fully saturated rings. The van der Waals surface area contributed by atoms with Crippen molar-refractivity contribution in [1.82, 2.24) is 4.98 Å². The van der Waals surface area contributed by atoms with Crippen LogP contribution in [0.3, 0.4) is 0 Å². The van der Waals surface area contributed by atoms with Gasteiger partial charge in [-0.15, -0.1) is 0 Å². The third-order valence-corrected chi connectivity index (χ3v) is 3.38. The lowest BCUT2D eigenvalue weighted by atomic mass is 9.94. The number of pyridine rings is 1. The maximum Gasteiger partial charge on any atom is 0.278 e. The molecule has 1 heterocycles. The molecule has 1 aromatic heterocycles. The van der Waals surface area contributed by atoms with E-state index in [0.717, 1.165) is 18.8 Å². The first kappa shape index (κ1) is 14.2. The molecule has 0 amide bonds. The van der Waals surface area contributed by atoms with Crippen molar-refractivity contribution in [2.24, 2.45) is 5.41 Å². The summed E-state index contributed by atoms with van der Waals surface area (Å²) < 4.78 is 0. The van der Waals surface area contributed by atoms with E-state index in [-0.39, 0.29) is 16.0 Å². The zero-order valence-corrected chi connectivity index (χ0v) is 11.7. The van der Waals surface area contributed by atoms with Gasteiger partial charge in [0.1, 0.15) is 5.52 Å². The first-order valence-electron chi connectivity index (χ1n) is 6.50. The molecule has 0 bridgehead atoms. The molecular weight excluding hydrogens is 256 g/mol. The van der Waals surface area contributed by atoms with E-state index < -0.39 is 0 Å². The van der Waals surface area contributed by atoms with Crippen LogP contribution in [0.5, 0.6) is 0 Å². The van der Waals surface area contributed by atoms with Gasteiger partial charge in [0.05, 0.1) is 22.5 Å². The van der Waals surface area contributed by atoms with Crippen molar-refractivity contribution in [3.8, 4) is 0 Å². The van der Waals surface area contributed by atoms with E-state index >= 15 is 0 Å². The second kappa shape index (κ2) is 5.42. The van der Waals surface area contributed by atoms with Gasteiger partial charge in [-0.1, -0.05) is 13.8 Å². The quantitative estimate of drug-likeness (QED) is 0.642. The molecule has 106 valence electrons. The maximum atomic E-state index is 11.0. The summed E-state index contributed by atoms with van der Waals surface area (Å²) in [6.45, 7) is 5.78. The zero-order chi connectivity index (χ0) is 14.8. The number of anilines is 1. The van der Waals surface area contributed by atoms with Gasteiger partial charge in [-0.2, -0.15) is 0 Å². The van der Waals surface area contributed by atoms with E-state index in [2.05, 4.69) is 29.9 Å². The molecule has 0 saturated carbocycles. The molecular formula is C14H19N4O2+. The van der Waals surface area contributed by atoms with Crippen LogP contribution in [0.2, 0.25) is 0 Å². The number of fused-ring (bicyclic) bond motifs is 1. The Bertz CT molecular complexity index is 640. The highest BCUT2D eigenvalue weighted by atomic mass is 16.6. The first-order chi connectivity index (χ1) is 9.44. The highest BCUT2D eigenvalue weighted by Crippen LogP contribution is 2.30. The number of aromatic nitrogens is 1. The Kier molecular flexibility index (Phi) is 3.85. The minimum Gasteiger partial charge on any atom is -0.383 e. The second-order valence-corrected chi connectivity index (χ2v) is 5.56. The summed E-state index contributed by atoms with van der Waals surface area (Å²) in [4.78, 5) is 14.9. The van der Waals surface area contributed by atoms with Gasteiger partial charge < -0.3 is 11.1 Å². The minimum atomic E-state index is -0.381. The van der Waals surface area contributed by atoms with Crippen LogP contribution in [0.25, 0.3) is 10.9 Å². The Morgan fingerprint density at radius 2 is 2.15 bits per heavy atom. The minimum absolute atomic E-state index is 0.0584. The van der Waals surface area contributed by atoms with Gasteiger partial charge >= 0.3 is 0 Å². The fourth-order valence-corrected chi connectivity index (χ4v) is 1.88. The highest BCUT2D eigenvalue weighted by molar-refractivity contribution is 5.96. The standard InChI is InChI=1S/C14H18N4O2/c1-14(2,8-15)9-17-11-5-6-12(18(19)20)10-4-3-7-16-13(10)11/h3-7,17H,8-9,15H2,1-2H3/p+1. The van der Waals surface area contributed by atoms with Crippen LogP contribution in [0.4, 0.5) is 11.4 Å². The largest absolute Gasteiger partial charge is 0.383 e. The number of nitrogens with zero attached hydrogens (tertiary/aromatic N) is 2. The number of hydrogen-bond acceptors (Lipinski definition) is 4. The van der Waals surface area contributed by atoms with Crippen molar-refractivity contribution < 1.29 is 10.7 Å². The summed E-state index contributed by atoms with van der Waals surface area (Å²) in [7, 11) is 0. The molecule has 0 spiro atoms. The Morgan fingerprint density at radius 3 is 2.80 bits per heavy atom. The lowest BCUT2D eigenvalue weighted by Crippen LogP contribution is -2.58. The van der Waals surface area contributed by atoms with E-state index in [1.807, 2.05) is 0 Å². The average molecular weight is 275 g/mol.